The quantitative estimate of drug-likeness (QED) is 0.666. The number of ether oxygens (including phenoxy) is 1. The first kappa shape index (κ1) is 12.8. The summed E-state index contributed by atoms with van der Waals surface area (Å²) in [6.07, 6.45) is 3.12. The summed E-state index contributed by atoms with van der Waals surface area (Å²) in [5.74, 6) is 0.966. The molecule has 0 bridgehead atoms. The minimum atomic E-state index is 0.753. The lowest BCUT2D eigenvalue weighted by molar-refractivity contribution is 0.318. The van der Waals surface area contributed by atoms with Gasteiger partial charge >= 0.3 is 0 Å². The summed E-state index contributed by atoms with van der Waals surface area (Å²) in [6, 6.07) is 16.8. The molecular weight excluding hydrogens is 246 g/mol. The van der Waals surface area contributed by atoms with Gasteiger partial charge in [0, 0.05) is 28.5 Å². The number of benzene rings is 1. The Morgan fingerprint density at radius 2 is 1.80 bits per heavy atom. The number of aromatic nitrogens is 1. The van der Waals surface area contributed by atoms with Gasteiger partial charge in [0.15, 0.2) is 0 Å². The normalized spacial score (nSPS) is 10.9. The highest BCUT2D eigenvalue weighted by Crippen LogP contribution is 2.34. The SMILES string of the molecule is CCCOc1ccccc1-c1cc2ccccn2c1C. The van der Waals surface area contributed by atoms with Crippen LogP contribution in [0.25, 0.3) is 16.6 Å². The van der Waals surface area contributed by atoms with Gasteiger partial charge in [-0.05, 0) is 37.6 Å². The first-order valence-corrected chi connectivity index (χ1v) is 7.10. The van der Waals surface area contributed by atoms with E-state index in [1.807, 2.05) is 12.1 Å². The number of para-hydroxylation sites is 1. The number of nitrogens with zero attached hydrogens (tertiary/aromatic N) is 1. The maximum atomic E-state index is 5.88. The average molecular weight is 265 g/mol. The monoisotopic (exact) mass is 265 g/mol. The zero-order valence-electron chi connectivity index (χ0n) is 12.0. The fraction of sp³-hybridized carbons (Fsp3) is 0.222. The van der Waals surface area contributed by atoms with Gasteiger partial charge in [0.05, 0.1) is 6.61 Å². The fourth-order valence-electron chi connectivity index (χ4n) is 2.56. The number of hydrogen-bond acceptors (Lipinski definition) is 1. The van der Waals surface area contributed by atoms with Crippen molar-refractivity contribution in [2.45, 2.75) is 20.3 Å². The Morgan fingerprint density at radius 1 is 1.00 bits per heavy atom. The first-order valence-electron chi connectivity index (χ1n) is 7.10. The van der Waals surface area contributed by atoms with Crippen molar-refractivity contribution in [3.8, 4) is 16.9 Å². The van der Waals surface area contributed by atoms with Crippen LogP contribution in [-0.2, 0) is 0 Å². The van der Waals surface area contributed by atoms with Gasteiger partial charge < -0.3 is 9.14 Å². The molecule has 0 radical (unpaired) electrons. The van der Waals surface area contributed by atoms with Crippen LogP contribution >= 0.6 is 0 Å². The third-order valence-corrected chi connectivity index (χ3v) is 3.57. The van der Waals surface area contributed by atoms with E-state index in [0.717, 1.165) is 18.8 Å². The van der Waals surface area contributed by atoms with Crippen molar-refractivity contribution in [2.24, 2.45) is 0 Å². The highest BCUT2D eigenvalue weighted by molar-refractivity contribution is 5.77. The molecule has 2 nitrogen and oxygen atoms in total. The minimum absolute atomic E-state index is 0.753. The molecule has 2 aromatic heterocycles. The van der Waals surface area contributed by atoms with Crippen LogP contribution in [0.15, 0.2) is 54.7 Å². The molecule has 102 valence electrons. The molecule has 3 rings (SSSR count). The molecule has 0 unspecified atom stereocenters. The summed E-state index contributed by atoms with van der Waals surface area (Å²) in [6.45, 7) is 5.03. The third-order valence-electron chi connectivity index (χ3n) is 3.57. The van der Waals surface area contributed by atoms with Crippen molar-refractivity contribution in [3.63, 3.8) is 0 Å². The molecule has 2 heterocycles. The third kappa shape index (κ3) is 2.18. The molecular formula is C18H19NO. The summed E-state index contributed by atoms with van der Waals surface area (Å²) in [5.41, 5.74) is 4.86. The van der Waals surface area contributed by atoms with Crippen molar-refractivity contribution in [1.29, 1.82) is 0 Å². The average Bonchev–Trinajstić information content (AvgIpc) is 2.83. The van der Waals surface area contributed by atoms with Crippen LogP contribution in [0.2, 0.25) is 0 Å². The number of fused-ring (bicyclic) bond motifs is 1. The van der Waals surface area contributed by atoms with Crippen LogP contribution in [0.4, 0.5) is 0 Å². The van der Waals surface area contributed by atoms with Crippen molar-refractivity contribution < 1.29 is 4.74 Å². The fourth-order valence-corrected chi connectivity index (χ4v) is 2.56. The highest BCUT2D eigenvalue weighted by Gasteiger charge is 2.12. The predicted octanol–water partition coefficient (Wildman–Crippen LogP) is 4.70. The Bertz CT molecular complexity index is 727. The van der Waals surface area contributed by atoms with E-state index in [1.165, 1.54) is 22.3 Å². The molecule has 0 spiro atoms. The topological polar surface area (TPSA) is 13.6 Å². The van der Waals surface area contributed by atoms with E-state index >= 15 is 0 Å². The lowest BCUT2D eigenvalue weighted by atomic mass is 10.1. The maximum Gasteiger partial charge on any atom is 0.127 e. The smallest absolute Gasteiger partial charge is 0.127 e. The van der Waals surface area contributed by atoms with Gasteiger partial charge in [0.2, 0.25) is 0 Å². The van der Waals surface area contributed by atoms with Crippen LogP contribution in [0, 0.1) is 6.92 Å². The Labute approximate surface area is 119 Å². The zero-order valence-corrected chi connectivity index (χ0v) is 12.0. The zero-order chi connectivity index (χ0) is 13.9. The van der Waals surface area contributed by atoms with Crippen molar-refractivity contribution in [1.82, 2.24) is 4.40 Å². The predicted molar refractivity (Wildman–Crippen MR) is 83.4 cm³/mol. The molecule has 3 aromatic rings. The Kier molecular flexibility index (Phi) is 3.46. The molecule has 20 heavy (non-hydrogen) atoms. The second kappa shape index (κ2) is 5.41. The number of rotatable bonds is 4. The molecule has 0 aliphatic carbocycles. The largest absolute Gasteiger partial charge is 0.493 e. The van der Waals surface area contributed by atoms with Crippen LogP contribution in [0.3, 0.4) is 0 Å². The number of aryl methyl sites for hydroxylation is 1. The van der Waals surface area contributed by atoms with Gasteiger partial charge in [-0.2, -0.15) is 0 Å². The minimum Gasteiger partial charge on any atom is -0.493 e. The van der Waals surface area contributed by atoms with Gasteiger partial charge in [-0.3, -0.25) is 0 Å². The van der Waals surface area contributed by atoms with Gasteiger partial charge in [-0.15, -0.1) is 0 Å². The summed E-state index contributed by atoms with van der Waals surface area (Å²) < 4.78 is 8.10. The maximum absolute atomic E-state index is 5.88. The Balaban J connectivity index is 2.13. The van der Waals surface area contributed by atoms with Gasteiger partial charge in [-0.25, -0.2) is 0 Å². The summed E-state index contributed by atoms with van der Waals surface area (Å²) in [5, 5.41) is 0. The molecule has 0 N–H and O–H groups in total. The molecule has 0 fully saturated rings. The second-order valence-corrected chi connectivity index (χ2v) is 4.98. The van der Waals surface area contributed by atoms with Crippen molar-refractivity contribution in [2.75, 3.05) is 6.61 Å². The second-order valence-electron chi connectivity index (χ2n) is 4.98. The van der Waals surface area contributed by atoms with Crippen LogP contribution in [-0.4, -0.2) is 11.0 Å². The summed E-state index contributed by atoms with van der Waals surface area (Å²) in [7, 11) is 0. The summed E-state index contributed by atoms with van der Waals surface area (Å²) in [4.78, 5) is 0. The molecule has 0 saturated heterocycles. The standard InChI is InChI=1S/C18H19NO/c1-3-12-20-18-10-5-4-9-16(18)17-13-15-8-6-7-11-19(15)14(17)2/h4-11,13H,3,12H2,1-2H3. The van der Waals surface area contributed by atoms with E-state index in [1.54, 1.807) is 0 Å². The van der Waals surface area contributed by atoms with Crippen LogP contribution in [0.5, 0.6) is 5.75 Å². The van der Waals surface area contributed by atoms with E-state index in [2.05, 4.69) is 60.8 Å². The molecule has 0 amide bonds. The molecule has 0 aliphatic rings. The van der Waals surface area contributed by atoms with Gasteiger partial charge in [-0.1, -0.05) is 31.2 Å². The molecule has 0 atom stereocenters. The highest BCUT2D eigenvalue weighted by atomic mass is 16.5. The van der Waals surface area contributed by atoms with E-state index in [0.29, 0.717) is 0 Å². The van der Waals surface area contributed by atoms with Crippen molar-refractivity contribution >= 4 is 5.52 Å². The lowest BCUT2D eigenvalue weighted by Gasteiger charge is -2.10. The summed E-state index contributed by atoms with van der Waals surface area (Å²) >= 11 is 0. The Hall–Kier alpha value is -2.22. The molecule has 2 heteroatoms. The molecule has 1 aromatic carbocycles. The lowest BCUT2D eigenvalue weighted by Crippen LogP contribution is -1.97. The van der Waals surface area contributed by atoms with Gasteiger partial charge in [0.25, 0.3) is 0 Å². The van der Waals surface area contributed by atoms with E-state index in [4.69, 9.17) is 4.74 Å². The van der Waals surface area contributed by atoms with E-state index in [-0.39, 0.29) is 0 Å². The van der Waals surface area contributed by atoms with Gasteiger partial charge in [0.1, 0.15) is 5.75 Å². The van der Waals surface area contributed by atoms with E-state index < -0.39 is 0 Å². The van der Waals surface area contributed by atoms with Crippen LogP contribution in [0.1, 0.15) is 19.0 Å². The number of hydrogen-bond donors (Lipinski definition) is 0. The van der Waals surface area contributed by atoms with Crippen LogP contribution < -0.4 is 4.74 Å². The van der Waals surface area contributed by atoms with Crippen molar-refractivity contribution in [3.05, 3.63) is 60.4 Å². The molecule has 0 saturated carbocycles. The molecule has 0 aliphatic heterocycles. The first-order chi connectivity index (χ1) is 9.81. The Morgan fingerprint density at radius 3 is 2.60 bits per heavy atom. The van der Waals surface area contributed by atoms with E-state index in [9.17, 15) is 0 Å². The number of pyridine rings is 1.